The summed E-state index contributed by atoms with van der Waals surface area (Å²) in [5.41, 5.74) is 1.02. The second-order valence-electron chi connectivity index (χ2n) is 6.53. The van der Waals surface area contributed by atoms with E-state index in [0.717, 1.165) is 24.9 Å². The summed E-state index contributed by atoms with van der Waals surface area (Å²) in [6.45, 7) is 2.16. The number of nitrogens with zero attached hydrogens (tertiary/aromatic N) is 1. The molecule has 1 aromatic rings. The molecule has 0 bridgehead atoms. The van der Waals surface area contributed by atoms with Crippen molar-refractivity contribution in [1.29, 1.82) is 0 Å². The highest BCUT2D eigenvalue weighted by Crippen LogP contribution is 2.28. The predicted octanol–water partition coefficient (Wildman–Crippen LogP) is 2.46. The Labute approximate surface area is 137 Å². The van der Waals surface area contributed by atoms with Crippen molar-refractivity contribution >= 4 is 17.9 Å². The summed E-state index contributed by atoms with van der Waals surface area (Å²) in [5, 5.41) is 3.05. The standard InChI is InChI=1S/C19H24N2O2/c22-18(9-8-15-4-2-1-3-5-15)21-12-10-17(11-13-21)19(23)20-14-16-6-7-16/h1-5,8-9,16-17H,6-7,10-14H2,(H,20,23). The summed E-state index contributed by atoms with van der Waals surface area (Å²) >= 11 is 0. The van der Waals surface area contributed by atoms with Gasteiger partial charge in [-0.15, -0.1) is 0 Å². The fourth-order valence-electron chi connectivity index (χ4n) is 2.91. The SMILES string of the molecule is O=C(NCC1CC1)C1CCN(C(=O)C=Cc2ccccc2)CC1. The van der Waals surface area contributed by atoms with Crippen molar-refractivity contribution in [3.05, 3.63) is 42.0 Å². The van der Waals surface area contributed by atoms with Crippen molar-refractivity contribution in [2.24, 2.45) is 11.8 Å². The first kappa shape index (κ1) is 15.8. The molecular weight excluding hydrogens is 288 g/mol. The van der Waals surface area contributed by atoms with Gasteiger partial charge in [0.1, 0.15) is 0 Å². The lowest BCUT2D eigenvalue weighted by atomic mass is 9.95. The molecule has 3 rings (SSSR count). The first-order valence-electron chi connectivity index (χ1n) is 8.52. The second-order valence-corrected chi connectivity index (χ2v) is 6.53. The lowest BCUT2D eigenvalue weighted by molar-refractivity contribution is -0.132. The van der Waals surface area contributed by atoms with Crippen molar-refractivity contribution in [3.63, 3.8) is 0 Å². The van der Waals surface area contributed by atoms with E-state index in [1.54, 1.807) is 6.08 Å². The summed E-state index contributed by atoms with van der Waals surface area (Å²) < 4.78 is 0. The van der Waals surface area contributed by atoms with Crippen molar-refractivity contribution in [1.82, 2.24) is 10.2 Å². The molecule has 0 radical (unpaired) electrons. The Morgan fingerprint density at radius 3 is 2.43 bits per heavy atom. The van der Waals surface area contributed by atoms with E-state index in [9.17, 15) is 9.59 Å². The Bertz CT molecular complexity index is 570. The average Bonchev–Trinajstić information content (AvgIpc) is 3.43. The molecular formula is C19H24N2O2. The van der Waals surface area contributed by atoms with Crippen LogP contribution >= 0.6 is 0 Å². The Hall–Kier alpha value is -2.10. The number of nitrogens with one attached hydrogen (secondary N) is 1. The highest BCUT2D eigenvalue weighted by Gasteiger charge is 2.28. The minimum Gasteiger partial charge on any atom is -0.356 e. The molecule has 0 unspecified atom stereocenters. The van der Waals surface area contributed by atoms with Gasteiger partial charge in [0.05, 0.1) is 0 Å². The van der Waals surface area contributed by atoms with Gasteiger partial charge >= 0.3 is 0 Å². The Morgan fingerprint density at radius 1 is 1.09 bits per heavy atom. The fraction of sp³-hybridized carbons (Fsp3) is 0.474. The minimum atomic E-state index is 0.0330. The Kier molecular flexibility index (Phi) is 5.11. The lowest BCUT2D eigenvalue weighted by Crippen LogP contribution is -2.42. The van der Waals surface area contributed by atoms with Crippen LogP contribution < -0.4 is 5.32 Å². The fourth-order valence-corrected chi connectivity index (χ4v) is 2.91. The van der Waals surface area contributed by atoms with Gasteiger partial charge in [0.2, 0.25) is 11.8 Å². The third-order valence-corrected chi connectivity index (χ3v) is 4.66. The molecule has 1 aliphatic heterocycles. The highest BCUT2D eigenvalue weighted by molar-refractivity contribution is 5.92. The maximum Gasteiger partial charge on any atom is 0.246 e. The summed E-state index contributed by atoms with van der Waals surface area (Å²) in [6, 6.07) is 9.81. The van der Waals surface area contributed by atoms with Gasteiger partial charge in [-0.25, -0.2) is 0 Å². The van der Waals surface area contributed by atoms with Gasteiger partial charge in [-0.05, 0) is 43.2 Å². The first-order chi connectivity index (χ1) is 11.2. The topological polar surface area (TPSA) is 49.4 Å². The maximum atomic E-state index is 12.2. The van der Waals surface area contributed by atoms with Gasteiger partial charge in [-0.2, -0.15) is 0 Å². The van der Waals surface area contributed by atoms with E-state index in [0.29, 0.717) is 19.0 Å². The molecule has 1 aliphatic carbocycles. The zero-order valence-electron chi connectivity index (χ0n) is 13.4. The van der Waals surface area contributed by atoms with E-state index in [2.05, 4.69) is 5.32 Å². The van der Waals surface area contributed by atoms with E-state index in [1.165, 1.54) is 12.8 Å². The van der Waals surface area contributed by atoms with Crippen LogP contribution in [-0.4, -0.2) is 36.3 Å². The molecule has 0 atom stereocenters. The van der Waals surface area contributed by atoms with Crippen molar-refractivity contribution in [3.8, 4) is 0 Å². The molecule has 2 fully saturated rings. The molecule has 122 valence electrons. The molecule has 2 amide bonds. The van der Waals surface area contributed by atoms with Crippen LogP contribution in [0.15, 0.2) is 36.4 Å². The molecule has 4 heteroatoms. The Morgan fingerprint density at radius 2 is 1.78 bits per heavy atom. The van der Waals surface area contributed by atoms with E-state index in [-0.39, 0.29) is 17.7 Å². The summed E-state index contributed by atoms with van der Waals surface area (Å²) in [4.78, 5) is 26.1. The number of carbonyl (C=O) groups is 2. The molecule has 1 saturated heterocycles. The van der Waals surface area contributed by atoms with Crippen LogP contribution in [0, 0.1) is 11.8 Å². The van der Waals surface area contributed by atoms with Crippen molar-refractivity contribution < 1.29 is 9.59 Å². The number of likely N-dealkylation sites (tertiary alicyclic amines) is 1. The van der Waals surface area contributed by atoms with Crippen LogP contribution in [0.1, 0.15) is 31.2 Å². The van der Waals surface area contributed by atoms with Crippen molar-refractivity contribution in [2.75, 3.05) is 19.6 Å². The van der Waals surface area contributed by atoms with E-state index >= 15 is 0 Å². The number of amides is 2. The van der Waals surface area contributed by atoms with Gasteiger partial charge in [-0.3, -0.25) is 9.59 Å². The second kappa shape index (κ2) is 7.44. The average molecular weight is 312 g/mol. The summed E-state index contributed by atoms with van der Waals surface area (Å²) in [6.07, 6.45) is 7.50. The van der Waals surface area contributed by atoms with Crippen LogP contribution in [0.5, 0.6) is 0 Å². The molecule has 0 spiro atoms. The summed E-state index contributed by atoms with van der Waals surface area (Å²) in [5.74, 6) is 0.981. The number of carbonyl (C=O) groups excluding carboxylic acids is 2. The number of hydrogen-bond acceptors (Lipinski definition) is 2. The van der Waals surface area contributed by atoms with Gasteiger partial charge in [0.15, 0.2) is 0 Å². The minimum absolute atomic E-state index is 0.0330. The number of rotatable bonds is 5. The molecule has 1 N–H and O–H groups in total. The molecule has 1 aromatic carbocycles. The van der Waals surface area contributed by atoms with Gasteiger partial charge in [0.25, 0.3) is 0 Å². The molecule has 23 heavy (non-hydrogen) atoms. The zero-order valence-corrected chi connectivity index (χ0v) is 13.4. The number of piperidine rings is 1. The molecule has 1 saturated carbocycles. The van der Waals surface area contributed by atoms with E-state index in [1.807, 2.05) is 41.3 Å². The van der Waals surface area contributed by atoms with Crippen LogP contribution in [0.4, 0.5) is 0 Å². The summed E-state index contributed by atoms with van der Waals surface area (Å²) in [7, 11) is 0. The van der Waals surface area contributed by atoms with Crippen LogP contribution in [0.3, 0.4) is 0 Å². The molecule has 0 aromatic heterocycles. The van der Waals surface area contributed by atoms with Gasteiger partial charge < -0.3 is 10.2 Å². The Balaban J connectivity index is 1.43. The smallest absolute Gasteiger partial charge is 0.246 e. The predicted molar refractivity (Wildman–Crippen MR) is 90.5 cm³/mol. The van der Waals surface area contributed by atoms with Gasteiger partial charge in [0, 0.05) is 31.6 Å². The third-order valence-electron chi connectivity index (χ3n) is 4.66. The van der Waals surface area contributed by atoms with Crippen LogP contribution in [-0.2, 0) is 9.59 Å². The molecule has 4 nitrogen and oxygen atoms in total. The zero-order chi connectivity index (χ0) is 16.1. The maximum absolute atomic E-state index is 12.2. The molecule has 2 aliphatic rings. The van der Waals surface area contributed by atoms with Crippen molar-refractivity contribution in [2.45, 2.75) is 25.7 Å². The van der Waals surface area contributed by atoms with Crippen LogP contribution in [0.2, 0.25) is 0 Å². The molecule has 1 heterocycles. The number of hydrogen-bond donors (Lipinski definition) is 1. The quantitative estimate of drug-likeness (QED) is 0.849. The highest BCUT2D eigenvalue weighted by atomic mass is 16.2. The third kappa shape index (κ3) is 4.68. The van der Waals surface area contributed by atoms with E-state index in [4.69, 9.17) is 0 Å². The normalized spacial score (nSPS) is 19.0. The monoisotopic (exact) mass is 312 g/mol. The number of benzene rings is 1. The van der Waals surface area contributed by atoms with Gasteiger partial charge in [-0.1, -0.05) is 30.3 Å². The van der Waals surface area contributed by atoms with E-state index < -0.39 is 0 Å². The first-order valence-corrected chi connectivity index (χ1v) is 8.52. The largest absolute Gasteiger partial charge is 0.356 e. The van der Waals surface area contributed by atoms with Crippen LogP contribution in [0.25, 0.3) is 6.08 Å². The lowest BCUT2D eigenvalue weighted by Gasteiger charge is -2.30.